The second kappa shape index (κ2) is 8.71. The lowest BCUT2D eigenvalue weighted by Gasteiger charge is -2.22. The molecular weight excluding hydrogens is 266 g/mol. The Bertz CT molecular complexity index is 371. The van der Waals surface area contributed by atoms with Gasteiger partial charge in [0.2, 0.25) is 0 Å². The van der Waals surface area contributed by atoms with Crippen LogP contribution in [0.4, 0.5) is 0 Å². The van der Waals surface area contributed by atoms with Crippen LogP contribution in [-0.4, -0.2) is 25.0 Å². The molecule has 0 aliphatic carbocycles. The maximum atomic E-state index is 5.77. The number of rotatable bonds is 7. The zero-order chi connectivity index (χ0) is 14.2. The minimum atomic E-state index is 0.459. The van der Waals surface area contributed by atoms with Crippen molar-refractivity contribution in [1.29, 1.82) is 0 Å². The summed E-state index contributed by atoms with van der Waals surface area (Å²) in [6, 6.07) is 8.94. The van der Waals surface area contributed by atoms with Crippen LogP contribution in [0.3, 0.4) is 0 Å². The van der Waals surface area contributed by atoms with Gasteiger partial charge >= 0.3 is 0 Å². The van der Waals surface area contributed by atoms with Gasteiger partial charge in [-0.1, -0.05) is 26.0 Å². The monoisotopic (exact) mass is 293 g/mol. The maximum Gasteiger partial charge on any atom is 0.0669 e. The molecule has 20 heavy (non-hydrogen) atoms. The quantitative estimate of drug-likeness (QED) is 0.765. The second-order valence-electron chi connectivity index (χ2n) is 5.97. The Morgan fingerprint density at radius 2 is 2.05 bits per heavy atom. The number of hydrogen-bond donors (Lipinski definition) is 1. The normalized spacial score (nSPS) is 19.4. The molecule has 112 valence electrons. The van der Waals surface area contributed by atoms with Crippen molar-refractivity contribution in [2.75, 3.05) is 18.9 Å². The predicted molar refractivity (Wildman–Crippen MR) is 87.3 cm³/mol. The molecule has 2 rings (SSSR count). The van der Waals surface area contributed by atoms with Gasteiger partial charge in [0.05, 0.1) is 6.10 Å². The molecule has 1 saturated heterocycles. The highest BCUT2D eigenvalue weighted by Gasteiger charge is 2.13. The SMILES string of the molecule is CC(C)CNCc1ccc(SCC2CCCCO2)cc1. The molecule has 1 atom stereocenters. The maximum absolute atomic E-state index is 5.77. The molecule has 0 bridgehead atoms. The van der Waals surface area contributed by atoms with E-state index in [1.165, 1.54) is 29.7 Å². The highest BCUT2D eigenvalue weighted by molar-refractivity contribution is 7.99. The smallest absolute Gasteiger partial charge is 0.0669 e. The molecule has 1 aliphatic heterocycles. The van der Waals surface area contributed by atoms with Crippen molar-refractivity contribution in [3.63, 3.8) is 0 Å². The Labute approximate surface area is 127 Å². The fourth-order valence-electron chi connectivity index (χ4n) is 2.34. The van der Waals surface area contributed by atoms with E-state index in [-0.39, 0.29) is 0 Å². The molecule has 0 radical (unpaired) electrons. The van der Waals surface area contributed by atoms with Gasteiger partial charge in [-0.15, -0.1) is 11.8 Å². The van der Waals surface area contributed by atoms with Gasteiger partial charge in [-0.25, -0.2) is 0 Å². The molecule has 0 aromatic heterocycles. The third-order valence-electron chi connectivity index (χ3n) is 3.51. The third kappa shape index (κ3) is 5.86. The van der Waals surface area contributed by atoms with E-state index in [0.29, 0.717) is 12.0 Å². The van der Waals surface area contributed by atoms with Crippen LogP contribution >= 0.6 is 11.8 Å². The lowest BCUT2D eigenvalue weighted by Crippen LogP contribution is -2.21. The summed E-state index contributed by atoms with van der Waals surface area (Å²) < 4.78 is 5.77. The first-order valence-electron chi connectivity index (χ1n) is 7.78. The Morgan fingerprint density at radius 1 is 1.25 bits per heavy atom. The summed E-state index contributed by atoms with van der Waals surface area (Å²) in [5.41, 5.74) is 1.36. The first-order chi connectivity index (χ1) is 9.74. The van der Waals surface area contributed by atoms with E-state index in [1.807, 2.05) is 11.8 Å². The Balaban J connectivity index is 1.70. The summed E-state index contributed by atoms with van der Waals surface area (Å²) >= 11 is 1.92. The van der Waals surface area contributed by atoms with Crippen LogP contribution in [-0.2, 0) is 11.3 Å². The topological polar surface area (TPSA) is 21.3 Å². The number of thioether (sulfide) groups is 1. The van der Waals surface area contributed by atoms with Crippen molar-refractivity contribution >= 4 is 11.8 Å². The molecule has 0 spiro atoms. The van der Waals surface area contributed by atoms with Gasteiger partial charge in [-0.2, -0.15) is 0 Å². The highest BCUT2D eigenvalue weighted by atomic mass is 32.2. The Kier molecular flexibility index (Phi) is 6.91. The number of hydrogen-bond acceptors (Lipinski definition) is 3. The van der Waals surface area contributed by atoms with Crippen LogP contribution in [0.5, 0.6) is 0 Å². The summed E-state index contributed by atoms with van der Waals surface area (Å²) in [6.45, 7) is 7.47. The Morgan fingerprint density at radius 3 is 2.70 bits per heavy atom. The second-order valence-corrected chi connectivity index (χ2v) is 7.06. The minimum absolute atomic E-state index is 0.459. The minimum Gasteiger partial charge on any atom is -0.377 e. The molecule has 2 nitrogen and oxygen atoms in total. The highest BCUT2D eigenvalue weighted by Crippen LogP contribution is 2.23. The molecule has 1 N–H and O–H groups in total. The van der Waals surface area contributed by atoms with E-state index in [2.05, 4.69) is 43.4 Å². The molecule has 1 aromatic rings. The molecule has 1 heterocycles. The van der Waals surface area contributed by atoms with E-state index < -0.39 is 0 Å². The van der Waals surface area contributed by atoms with Crippen LogP contribution in [0.15, 0.2) is 29.2 Å². The first-order valence-corrected chi connectivity index (χ1v) is 8.76. The summed E-state index contributed by atoms with van der Waals surface area (Å²) in [6.07, 6.45) is 4.25. The predicted octanol–water partition coefficient (Wildman–Crippen LogP) is 4.09. The zero-order valence-electron chi connectivity index (χ0n) is 12.7. The fraction of sp³-hybridized carbons (Fsp3) is 0.647. The number of benzene rings is 1. The Hall–Kier alpha value is -0.510. The molecule has 1 unspecified atom stereocenters. The van der Waals surface area contributed by atoms with Gasteiger partial charge in [-0.3, -0.25) is 0 Å². The van der Waals surface area contributed by atoms with Crippen molar-refractivity contribution in [3.05, 3.63) is 29.8 Å². The molecule has 1 aliphatic rings. The van der Waals surface area contributed by atoms with Crippen LogP contribution in [0, 0.1) is 5.92 Å². The van der Waals surface area contributed by atoms with Crippen LogP contribution < -0.4 is 5.32 Å². The first kappa shape index (κ1) is 15.9. The average molecular weight is 293 g/mol. The number of nitrogens with one attached hydrogen (secondary N) is 1. The molecule has 1 aromatic carbocycles. The molecule has 3 heteroatoms. The van der Waals surface area contributed by atoms with E-state index in [9.17, 15) is 0 Å². The van der Waals surface area contributed by atoms with Crippen LogP contribution in [0.2, 0.25) is 0 Å². The van der Waals surface area contributed by atoms with Gasteiger partial charge in [0, 0.05) is 23.8 Å². The van der Waals surface area contributed by atoms with Crippen molar-refractivity contribution < 1.29 is 4.74 Å². The lowest BCUT2D eigenvalue weighted by molar-refractivity contribution is 0.0315. The largest absolute Gasteiger partial charge is 0.377 e. The molecular formula is C17H27NOS. The lowest BCUT2D eigenvalue weighted by atomic mass is 10.1. The molecule has 0 amide bonds. The van der Waals surface area contributed by atoms with Gasteiger partial charge in [0.15, 0.2) is 0 Å². The average Bonchev–Trinajstić information content (AvgIpc) is 2.47. The standard InChI is InChI=1S/C17H27NOS/c1-14(2)11-18-12-15-6-8-17(9-7-15)20-13-16-5-3-4-10-19-16/h6-9,14,16,18H,3-5,10-13H2,1-2H3. The summed E-state index contributed by atoms with van der Waals surface area (Å²) in [5, 5.41) is 3.48. The molecule has 1 fully saturated rings. The van der Waals surface area contributed by atoms with E-state index in [0.717, 1.165) is 25.4 Å². The number of ether oxygens (including phenoxy) is 1. The zero-order valence-corrected chi connectivity index (χ0v) is 13.5. The summed E-state index contributed by atoms with van der Waals surface area (Å²) in [5.74, 6) is 1.80. The van der Waals surface area contributed by atoms with Crippen molar-refractivity contribution in [2.45, 2.75) is 50.7 Å². The van der Waals surface area contributed by atoms with Gasteiger partial charge < -0.3 is 10.1 Å². The van der Waals surface area contributed by atoms with Gasteiger partial charge in [-0.05, 0) is 49.4 Å². The van der Waals surface area contributed by atoms with Gasteiger partial charge in [0.25, 0.3) is 0 Å². The van der Waals surface area contributed by atoms with E-state index in [1.54, 1.807) is 0 Å². The third-order valence-corrected chi connectivity index (χ3v) is 4.66. The summed E-state index contributed by atoms with van der Waals surface area (Å²) in [7, 11) is 0. The van der Waals surface area contributed by atoms with Crippen LogP contribution in [0.1, 0.15) is 38.7 Å². The van der Waals surface area contributed by atoms with Crippen molar-refractivity contribution in [1.82, 2.24) is 5.32 Å². The van der Waals surface area contributed by atoms with E-state index in [4.69, 9.17) is 4.74 Å². The summed E-state index contributed by atoms with van der Waals surface area (Å²) in [4.78, 5) is 1.35. The molecule has 0 saturated carbocycles. The van der Waals surface area contributed by atoms with Crippen molar-refractivity contribution in [2.24, 2.45) is 5.92 Å². The van der Waals surface area contributed by atoms with E-state index >= 15 is 0 Å². The fourth-order valence-corrected chi connectivity index (χ4v) is 3.31. The van der Waals surface area contributed by atoms with Crippen molar-refractivity contribution in [3.8, 4) is 0 Å². The van der Waals surface area contributed by atoms with Crippen LogP contribution in [0.25, 0.3) is 0 Å². The van der Waals surface area contributed by atoms with Gasteiger partial charge in [0.1, 0.15) is 0 Å².